The highest BCUT2D eigenvalue weighted by atomic mass is 16.3. The topological polar surface area (TPSA) is 53.8 Å². The van der Waals surface area contributed by atoms with E-state index in [2.05, 4.69) is 40.2 Å². The normalized spacial score (nSPS) is 37.1. The van der Waals surface area contributed by atoms with Crippen LogP contribution >= 0.6 is 0 Å². The zero-order valence-corrected chi connectivity index (χ0v) is 18.2. The summed E-state index contributed by atoms with van der Waals surface area (Å²) < 4.78 is 6.53. The number of carbonyl (C=O) groups excluding carboxylic acids is 2. The van der Waals surface area contributed by atoms with Crippen LogP contribution in [0, 0.1) is 5.41 Å². The first-order chi connectivity index (χ1) is 15.2. The Labute approximate surface area is 184 Å². The van der Waals surface area contributed by atoms with E-state index in [9.17, 15) is 9.59 Å². The minimum absolute atomic E-state index is 0.0298. The van der Waals surface area contributed by atoms with Crippen molar-refractivity contribution in [3.05, 3.63) is 47.5 Å². The number of aryl methyl sites for hydroxylation is 1. The minimum atomic E-state index is -0.103. The van der Waals surface area contributed by atoms with E-state index in [1.807, 2.05) is 0 Å². The molecule has 2 saturated heterocycles. The molecule has 5 heteroatoms. The van der Waals surface area contributed by atoms with Gasteiger partial charge in [-0.05, 0) is 62.5 Å². The van der Waals surface area contributed by atoms with Gasteiger partial charge in [-0.1, -0.05) is 24.3 Å². The van der Waals surface area contributed by atoms with Gasteiger partial charge in [0.1, 0.15) is 11.5 Å². The summed E-state index contributed by atoms with van der Waals surface area (Å²) in [5.74, 6) is 2.99. The van der Waals surface area contributed by atoms with E-state index in [1.165, 1.54) is 5.56 Å². The summed E-state index contributed by atoms with van der Waals surface area (Å²) in [6.07, 6.45) is 17.7. The Morgan fingerprint density at radius 1 is 0.968 bits per heavy atom. The monoisotopic (exact) mass is 420 g/mol. The molecule has 2 amide bonds. The molecule has 0 N–H and O–H groups in total. The Hall–Kier alpha value is -2.30. The first-order valence-corrected chi connectivity index (χ1v) is 12.2. The number of carbonyl (C=O) groups is 2. The summed E-state index contributed by atoms with van der Waals surface area (Å²) in [6.45, 7) is 1.58. The van der Waals surface area contributed by atoms with Gasteiger partial charge in [0.2, 0.25) is 11.8 Å². The lowest BCUT2D eigenvalue weighted by Gasteiger charge is -2.45. The molecule has 7 rings (SSSR count). The minimum Gasteiger partial charge on any atom is -0.464 e. The van der Waals surface area contributed by atoms with Crippen molar-refractivity contribution >= 4 is 11.8 Å². The van der Waals surface area contributed by atoms with Crippen LogP contribution in [-0.4, -0.2) is 40.7 Å². The van der Waals surface area contributed by atoms with Crippen LogP contribution < -0.4 is 0 Å². The molecule has 1 aromatic heterocycles. The molecule has 0 aromatic carbocycles. The summed E-state index contributed by atoms with van der Waals surface area (Å²) in [7, 11) is 0. The number of nitrogens with zero attached hydrogens (tertiary/aromatic N) is 2. The van der Waals surface area contributed by atoms with Crippen LogP contribution in [0.1, 0.15) is 86.8 Å². The van der Waals surface area contributed by atoms with E-state index >= 15 is 0 Å². The molecule has 0 unspecified atom stereocenters. The highest BCUT2D eigenvalue weighted by Gasteiger charge is 2.65. The molecule has 2 fully saturated rings. The molecule has 1 aromatic rings. The molecule has 5 nitrogen and oxygen atoms in total. The number of amides is 2. The third-order valence-corrected chi connectivity index (χ3v) is 8.35. The van der Waals surface area contributed by atoms with E-state index in [0.717, 1.165) is 76.0 Å². The maximum absolute atomic E-state index is 13.3. The second-order valence-electron chi connectivity index (χ2n) is 10.1. The number of rotatable bonds is 0. The molecule has 6 aliphatic rings. The van der Waals surface area contributed by atoms with E-state index in [0.29, 0.717) is 18.8 Å². The predicted octanol–water partition coefficient (Wildman–Crippen LogP) is 4.65. The van der Waals surface area contributed by atoms with Crippen molar-refractivity contribution in [1.82, 2.24) is 9.80 Å². The molecule has 6 bridgehead atoms. The molecule has 1 aliphatic carbocycles. The Morgan fingerprint density at radius 3 is 2.68 bits per heavy atom. The van der Waals surface area contributed by atoms with Crippen LogP contribution in [0.3, 0.4) is 0 Å². The third kappa shape index (κ3) is 2.95. The van der Waals surface area contributed by atoms with E-state index < -0.39 is 0 Å². The van der Waals surface area contributed by atoms with Gasteiger partial charge in [-0.15, -0.1) is 0 Å². The molecule has 164 valence electrons. The number of furan rings is 1. The van der Waals surface area contributed by atoms with Gasteiger partial charge < -0.3 is 14.2 Å². The zero-order chi connectivity index (χ0) is 21.0. The van der Waals surface area contributed by atoms with Crippen molar-refractivity contribution in [1.29, 1.82) is 0 Å². The summed E-state index contributed by atoms with van der Waals surface area (Å²) in [5.41, 5.74) is 1.22. The number of piperidine rings is 1. The van der Waals surface area contributed by atoms with Crippen LogP contribution in [0.2, 0.25) is 0 Å². The number of hydrogen-bond acceptors (Lipinski definition) is 3. The fourth-order valence-corrected chi connectivity index (χ4v) is 7.05. The Balaban J connectivity index is 1.47. The lowest BCUT2D eigenvalue weighted by molar-refractivity contribution is -0.138. The van der Waals surface area contributed by atoms with Gasteiger partial charge in [0, 0.05) is 37.8 Å². The van der Waals surface area contributed by atoms with Gasteiger partial charge >= 0.3 is 0 Å². The van der Waals surface area contributed by atoms with Gasteiger partial charge in [-0.2, -0.15) is 0 Å². The molecule has 1 spiro atoms. The van der Waals surface area contributed by atoms with Crippen molar-refractivity contribution in [2.75, 3.05) is 13.1 Å². The molecule has 6 heterocycles. The first-order valence-electron chi connectivity index (χ1n) is 12.2. The molecule has 0 saturated carbocycles. The Bertz CT molecular complexity index is 960. The van der Waals surface area contributed by atoms with Crippen molar-refractivity contribution in [2.24, 2.45) is 5.41 Å². The van der Waals surface area contributed by atoms with Gasteiger partial charge in [0.25, 0.3) is 0 Å². The van der Waals surface area contributed by atoms with Crippen LogP contribution in [0.5, 0.6) is 0 Å². The molecular formula is C26H32N2O3. The van der Waals surface area contributed by atoms with Crippen LogP contribution in [0.15, 0.2) is 34.8 Å². The smallest absolute Gasteiger partial charge is 0.223 e. The first kappa shape index (κ1) is 19.4. The second kappa shape index (κ2) is 7.39. The SMILES string of the molecule is O=C1CCC/C=C\CCc2cc3c(o2)[C@@H]2N4C(=O)CCC/C=C\[C@H]4C[C@@]24CN1CC[C@@H]34. The zero-order valence-electron chi connectivity index (χ0n) is 18.2. The van der Waals surface area contributed by atoms with Gasteiger partial charge in [-0.3, -0.25) is 9.59 Å². The van der Waals surface area contributed by atoms with Crippen molar-refractivity contribution in [3.63, 3.8) is 0 Å². The predicted molar refractivity (Wildman–Crippen MR) is 117 cm³/mol. The summed E-state index contributed by atoms with van der Waals surface area (Å²) in [4.78, 5) is 30.7. The average molecular weight is 421 g/mol. The molecule has 5 aliphatic heterocycles. The van der Waals surface area contributed by atoms with E-state index in [-0.39, 0.29) is 29.3 Å². The molecule has 31 heavy (non-hydrogen) atoms. The molecule has 4 atom stereocenters. The largest absolute Gasteiger partial charge is 0.464 e. The average Bonchev–Trinajstić information content (AvgIpc) is 3.35. The fourth-order valence-electron chi connectivity index (χ4n) is 7.05. The van der Waals surface area contributed by atoms with Crippen LogP contribution in [-0.2, 0) is 16.0 Å². The molecule has 0 radical (unpaired) electrons. The third-order valence-electron chi connectivity index (χ3n) is 8.35. The maximum atomic E-state index is 13.3. The lowest BCUT2D eigenvalue weighted by Crippen LogP contribution is -2.50. The summed E-state index contributed by atoms with van der Waals surface area (Å²) in [5, 5.41) is 0. The Kier molecular flexibility index (Phi) is 4.62. The fraction of sp³-hybridized carbons (Fsp3) is 0.615. The number of hydrogen-bond donors (Lipinski definition) is 0. The standard InChI is InChI=1S/C26H32N2O3/c29-22-11-7-3-1-2-6-10-19-15-20-21-13-14-27(22)17-26(21)16-18-9-5-4-8-12-23(30)28(18)25(26)24(20)31-19/h1-2,5,9,15,18,21,25H,3-4,6-8,10-14,16-17H2/b2-1-,9-5-/t18-,21-,25-,26-/m0/s1. The maximum Gasteiger partial charge on any atom is 0.223 e. The number of fused-ring (bicyclic) bond motifs is 8. The highest BCUT2D eigenvalue weighted by molar-refractivity contribution is 5.79. The van der Waals surface area contributed by atoms with Gasteiger partial charge in [0.15, 0.2) is 0 Å². The summed E-state index contributed by atoms with van der Waals surface area (Å²) >= 11 is 0. The van der Waals surface area contributed by atoms with E-state index in [4.69, 9.17) is 4.42 Å². The number of allylic oxidation sites excluding steroid dienone is 3. The highest BCUT2D eigenvalue weighted by Crippen LogP contribution is 2.67. The second-order valence-corrected chi connectivity index (χ2v) is 10.1. The molecular weight excluding hydrogens is 388 g/mol. The van der Waals surface area contributed by atoms with Crippen LogP contribution in [0.25, 0.3) is 0 Å². The van der Waals surface area contributed by atoms with Gasteiger partial charge in [0.05, 0.1) is 12.1 Å². The summed E-state index contributed by atoms with van der Waals surface area (Å²) in [6, 6.07) is 2.38. The van der Waals surface area contributed by atoms with E-state index in [1.54, 1.807) is 0 Å². The van der Waals surface area contributed by atoms with Crippen LogP contribution in [0.4, 0.5) is 0 Å². The van der Waals surface area contributed by atoms with Gasteiger partial charge in [-0.25, -0.2) is 0 Å². The lowest BCUT2D eigenvalue weighted by atomic mass is 9.68. The quantitative estimate of drug-likeness (QED) is 0.574. The van der Waals surface area contributed by atoms with Crippen molar-refractivity contribution < 1.29 is 14.0 Å². The van der Waals surface area contributed by atoms with Crippen molar-refractivity contribution in [2.45, 2.75) is 82.2 Å². The van der Waals surface area contributed by atoms with Crippen molar-refractivity contribution in [3.8, 4) is 0 Å². The Morgan fingerprint density at radius 2 is 1.77 bits per heavy atom.